The SMILES string of the molecule is CC1CNCC1C(=O)NCc1ccccc1C(F)(F)F. The fourth-order valence-electron chi connectivity index (χ4n) is 2.43. The van der Waals surface area contributed by atoms with E-state index in [0.29, 0.717) is 6.54 Å². The molecule has 1 aliphatic heterocycles. The average Bonchev–Trinajstić information content (AvgIpc) is 2.81. The smallest absolute Gasteiger partial charge is 0.352 e. The zero-order valence-corrected chi connectivity index (χ0v) is 11.1. The van der Waals surface area contributed by atoms with E-state index in [1.165, 1.54) is 18.2 Å². The third-order valence-electron chi connectivity index (χ3n) is 3.63. The lowest BCUT2D eigenvalue weighted by Crippen LogP contribution is -2.34. The first-order chi connectivity index (χ1) is 9.39. The Labute approximate surface area is 115 Å². The highest BCUT2D eigenvalue weighted by atomic mass is 19.4. The van der Waals surface area contributed by atoms with Crippen molar-refractivity contribution >= 4 is 5.91 Å². The summed E-state index contributed by atoms with van der Waals surface area (Å²) in [5.41, 5.74) is -0.607. The second kappa shape index (κ2) is 5.83. The molecule has 20 heavy (non-hydrogen) atoms. The molecular weight excluding hydrogens is 269 g/mol. The molecule has 6 heteroatoms. The molecule has 1 aromatic carbocycles. The summed E-state index contributed by atoms with van der Waals surface area (Å²) < 4.78 is 38.4. The molecule has 2 unspecified atom stereocenters. The highest BCUT2D eigenvalue weighted by molar-refractivity contribution is 5.79. The van der Waals surface area contributed by atoms with Gasteiger partial charge in [-0.1, -0.05) is 25.1 Å². The van der Waals surface area contributed by atoms with Crippen LogP contribution in [-0.4, -0.2) is 19.0 Å². The van der Waals surface area contributed by atoms with Crippen molar-refractivity contribution in [1.82, 2.24) is 10.6 Å². The molecule has 3 nitrogen and oxygen atoms in total. The standard InChI is InChI=1S/C14H17F3N2O/c1-9-6-18-8-11(9)13(20)19-7-10-4-2-3-5-12(10)14(15,16)17/h2-5,9,11,18H,6-8H2,1H3,(H,19,20). The third-order valence-corrected chi connectivity index (χ3v) is 3.63. The maximum absolute atomic E-state index is 12.8. The number of hydrogen-bond acceptors (Lipinski definition) is 2. The quantitative estimate of drug-likeness (QED) is 0.894. The summed E-state index contributed by atoms with van der Waals surface area (Å²) in [6.07, 6.45) is -4.40. The fraction of sp³-hybridized carbons (Fsp3) is 0.500. The molecule has 1 aliphatic rings. The van der Waals surface area contributed by atoms with Crippen LogP contribution in [0, 0.1) is 11.8 Å². The van der Waals surface area contributed by atoms with Gasteiger partial charge in [-0.25, -0.2) is 0 Å². The summed E-state index contributed by atoms with van der Waals surface area (Å²) in [7, 11) is 0. The highest BCUT2D eigenvalue weighted by Crippen LogP contribution is 2.31. The largest absolute Gasteiger partial charge is 0.416 e. The normalized spacial score (nSPS) is 22.8. The van der Waals surface area contributed by atoms with Crippen molar-refractivity contribution in [3.05, 3.63) is 35.4 Å². The van der Waals surface area contributed by atoms with Gasteiger partial charge in [-0.15, -0.1) is 0 Å². The molecular formula is C14H17F3N2O. The number of nitrogens with one attached hydrogen (secondary N) is 2. The van der Waals surface area contributed by atoms with Gasteiger partial charge in [0.25, 0.3) is 0 Å². The van der Waals surface area contributed by atoms with Crippen molar-refractivity contribution in [2.24, 2.45) is 11.8 Å². The number of alkyl halides is 3. The Kier molecular flexibility index (Phi) is 4.32. The van der Waals surface area contributed by atoms with Crippen molar-refractivity contribution in [2.75, 3.05) is 13.1 Å². The van der Waals surface area contributed by atoms with Crippen LogP contribution in [0.15, 0.2) is 24.3 Å². The summed E-state index contributed by atoms with van der Waals surface area (Å²) in [6, 6.07) is 5.30. The topological polar surface area (TPSA) is 41.1 Å². The maximum Gasteiger partial charge on any atom is 0.416 e. The number of benzene rings is 1. The molecule has 2 atom stereocenters. The van der Waals surface area contributed by atoms with E-state index in [0.717, 1.165) is 12.6 Å². The van der Waals surface area contributed by atoms with E-state index in [-0.39, 0.29) is 29.9 Å². The van der Waals surface area contributed by atoms with E-state index < -0.39 is 11.7 Å². The van der Waals surface area contributed by atoms with Gasteiger partial charge in [0.1, 0.15) is 0 Å². The van der Waals surface area contributed by atoms with E-state index in [4.69, 9.17) is 0 Å². The Morgan fingerprint density at radius 2 is 2.05 bits per heavy atom. The fourth-order valence-corrected chi connectivity index (χ4v) is 2.43. The lowest BCUT2D eigenvalue weighted by Gasteiger charge is -2.16. The van der Waals surface area contributed by atoms with Gasteiger partial charge < -0.3 is 10.6 Å². The molecule has 0 spiro atoms. The van der Waals surface area contributed by atoms with Crippen molar-refractivity contribution in [1.29, 1.82) is 0 Å². The van der Waals surface area contributed by atoms with Crippen molar-refractivity contribution < 1.29 is 18.0 Å². The lowest BCUT2D eigenvalue weighted by molar-refractivity contribution is -0.138. The Hall–Kier alpha value is -1.56. The first kappa shape index (κ1) is 14.8. The molecule has 2 rings (SSSR count). The Bertz CT molecular complexity index is 488. The molecule has 1 amide bonds. The summed E-state index contributed by atoms with van der Waals surface area (Å²) >= 11 is 0. The van der Waals surface area contributed by atoms with Gasteiger partial charge in [0.05, 0.1) is 11.5 Å². The number of rotatable bonds is 3. The van der Waals surface area contributed by atoms with Crippen molar-refractivity contribution in [3.63, 3.8) is 0 Å². The molecule has 1 aromatic rings. The molecule has 0 bridgehead atoms. The van der Waals surface area contributed by atoms with E-state index in [1.807, 2.05) is 6.92 Å². The van der Waals surface area contributed by atoms with Crippen LogP contribution >= 0.6 is 0 Å². The van der Waals surface area contributed by atoms with Gasteiger partial charge in [-0.2, -0.15) is 13.2 Å². The first-order valence-corrected chi connectivity index (χ1v) is 6.53. The number of amides is 1. The number of halogens is 3. The molecule has 0 saturated carbocycles. The highest BCUT2D eigenvalue weighted by Gasteiger charge is 2.33. The van der Waals surface area contributed by atoms with E-state index in [1.54, 1.807) is 0 Å². The zero-order chi connectivity index (χ0) is 14.8. The number of hydrogen-bond donors (Lipinski definition) is 2. The predicted octanol–water partition coefficient (Wildman–Crippen LogP) is 2.18. The minimum atomic E-state index is -4.40. The molecule has 1 fully saturated rings. The second-order valence-corrected chi connectivity index (χ2v) is 5.11. The van der Waals surface area contributed by atoms with Crippen LogP contribution in [0.2, 0.25) is 0 Å². The Balaban J connectivity index is 2.03. The average molecular weight is 286 g/mol. The second-order valence-electron chi connectivity index (χ2n) is 5.11. The maximum atomic E-state index is 12.8. The molecule has 110 valence electrons. The van der Waals surface area contributed by atoms with Gasteiger partial charge >= 0.3 is 6.18 Å². The van der Waals surface area contributed by atoms with E-state index in [2.05, 4.69) is 10.6 Å². The summed E-state index contributed by atoms with van der Waals surface area (Å²) in [6.45, 7) is 3.19. The third kappa shape index (κ3) is 3.30. The summed E-state index contributed by atoms with van der Waals surface area (Å²) in [5, 5.41) is 5.70. The van der Waals surface area contributed by atoms with Gasteiger partial charge in [-0.05, 0) is 24.1 Å². The van der Waals surface area contributed by atoms with Gasteiger partial charge in [-0.3, -0.25) is 4.79 Å². The molecule has 0 aromatic heterocycles. The zero-order valence-electron chi connectivity index (χ0n) is 11.1. The minimum absolute atomic E-state index is 0.0898. The summed E-state index contributed by atoms with van der Waals surface area (Å²) in [4.78, 5) is 12.0. The summed E-state index contributed by atoms with van der Waals surface area (Å²) in [5.74, 6) is -0.166. The monoisotopic (exact) mass is 286 g/mol. The van der Waals surface area contributed by atoms with Gasteiger partial charge in [0.2, 0.25) is 5.91 Å². The van der Waals surface area contributed by atoms with Gasteiger partial charge in [0, 0.05) is 13.1 Å². The van der Waals surface area contributed by atoms with Crippen LogP contribution in [0.5, 0.6) is 0 Å². The van der Waals surface area contributed by atoms with Crippen LogP contribution in [0.3, 0.4) is 0 Å². The van der Waals surface area contributed by atoms with Crippen LogP contribution in [0.25, 0.3) is 0 Å². The van der Waals surface area contributed by atoms with Crippen LogP contribution in [-0.2, 0) is 17.5 Å². The predicted molar refractivity (Wildman–Crippen MR) is 68.8 cm³/mol. The molecule has 2 N–H and O–H groups in total. The number of carbonyl (C=O) groups excluding carboxylic acids is 1. The van der Waals surface area contributed by atoms with E-state index in [9.17, 15) is 18.0 Å². The van der Waals surface area contributed by atoms with Crippen LogP contribution in [0.4, 0.5) is 13.2 Å². The molecule has 1 saturated heterocycles. The van der Waals surface area contributed by atoms with Crippen molar-refractivity contribution in [2.45, 2.75) is 19.6 Å². The minimum Gasteiger partial charge on any atom is -0.352 e. The van der Waals surface area contributed by atoms with Crippen LogP contribution in [0.1, 0.15) is 18.1 Å². The Morgan fingerprint density at radius 1 is 1.35 bits per heavy atom. The Morgan fingerprint density at radius 3 is 2.65 bits per heavy atom. The van der Waals surface area contributed by atoms with Crippen molar-refractivity contribution in [3.8, 4) is 0 Å². The number of carbonyl (C=O) groups is 1. The lowest BCUT2D eigenvalue weighted by atomic mass is 9.97. The van der Waals surface area contributed by atoms with Crippen LogP contribution < -0.4 is 10.6 Å². The molecule has 0 aliphatic carbocycles. The van der Waals surface area contributed by atoms with Gasteiger partial charge in [0.15, 0.2) is 0 Å². The van der Waals surface area contributed by atoms with E-state index >= 15 is 0 Å². The molecule has 1 heterocycles. The molecule has 0 radical (unpaired) electrons. The first-order valence-electron chi connectivity index (χ1n) is 6.53.